The number of carbonyl (C=O) groups excluding carboxylic acids is 2. The van der Waals surface area contributed by atoms with Gasteiger partial charge < -0.3 is 20.2 Å². The van der Waals surface area contributed by atoms with Crippen molar-refractivity contribution in [3.05, 3.63) is 83.2 Å². The predicted octanol–water partition coefficient (Wildman–Crippen LogP) is 5.09. The van der Waals surface area contributed by atoms with Gasteiger partial charge in [0.05, 0.1) is 10.7 Å². The number of hydrogen-bond acceptors (Lipinski definition) is 6. The van der Waals surface area contributed by atoms with Crippen LogP contribution >= 0.6 is 11.6 Å². The zero-order chi connectivity index (χ0) is 22.7. The lowest BCUT2D eigenvalue weighted by Gasteiger charge is -2.17. The number of carbonyl (C=O) groups is 2. The molecule has 0 saturated heterocycles. The molecule has 3 N–H and O–H groups in total. The summed E-state index contributed by atoms with van der Waals surface area (Å²) in [6.45, 7) is 0.156. The number of furan rings is 1. The van der Waals surface area contributed by atoms with Crippen LogP contribution in [0, 0.1) is 0 Å². The summed E-state index contributed by atoms with van der Waals surface area (Å²) in [5.74, 6) is -0.297. The number of nitrogens with zero attached hydrogens (tertiary/aromatic N) is 2. The molecule has 2 heterocycles. The highest BCUT2D eigenvalue weighted by atomic mass is 35.5. The first-order chi connectivity index (χ1) is 15.4. The Morgan fingerprint density at radius 3 is 2.66 bits per heavy atom. The van der Waals surface area contributed by atoms with E-state index in [1.54, 1.807) is 37.4 Å². The highest BCUT2D eigenvalue weighted by molar-refractivity contribution is 6.30. The number of benzene rings is 2. The summed E-state index contributed by atoms with van der Waals surface area (Å²) in [7, 11) is 1.59. The predicted molar refractivity (Wildman–Crippen MR) is 123 cm³/mol. The third-order valence-electron chi connectivity index (χ3n) is 4.75. The van der Waals surface area contributed by atoms with Crippen molar-refractivity contribution in [1.82, 2.24) is 4.98 Å². The summed E-state index contributed by atoms with van der Waals surface area (Å²) >= 11 is 5.81. The first-order valence-electron chi connectivity index (χ1n) is 9.61. The summed E-state index contributed by atoms with van der Waals surface area (Å²) < 4.78 is 11.0. The van der Waals surface area contributed by atoms with Crippen molar-refractivity contribution < 1.29 is 18.7 Å². The minimum atomic E-state index is -0.550. The first kappa shape index (κ1) is 21.2. The Labute approximate surface area is 188 Å². The highest BCUT2D eigenvalue weighted by Gasteiger charge is 2.21. The van der Waals surface area contributed by atoms with Gasteiger partial charge in [0, 0.05) is 24.3 Å². The number of ether oxygens (including phenoxy) is 1. The Morgan fingerprint density at radius 1 is 1.16 bits per heavy atom. The Hall–Kier alpha value is -4.04. The van der Waals surface area contributed by atoms with Crippen LogP contribution < -0.4 is 16.0 Å². The van der Waals surface area contributed by atoms with E-state index in [9.17, 15) is 9.59 Å². The Bertz CT molecular complexity index is 1270. The van der Waals surface area contributed by atoms with Gasteiger partial charge in [-0.05, 0) is 35.9 Å². The van der Waals surface area contributed by atoms with Crippen LogP contribution in [0.15, 0.2) is 71.3 Å². The number of hydrogen-bond donors (Lipinski definition) is 2. The van der Waals surface area contributed by atoms with E-state index in [4.69, 9.17) is 26.5 Å². The van der Waals surface area contributed by atoms with Crippen molar-refractivity contribution >= 4 is 51.8 Å². The van der Waals surface area contributed by atoms with Gasteiger partial charge in [0.15, 0.2) is 0 Å². The minimum absolute atomic E-state index is 0.0526. The molecule has 8 nitrogen and oxygen atoms in total. The Kier molecular flexibility index (Phi) is 5.96. The van der Waals surface area contributed by atoms with Crippen LogP contribution in [0.1, 0.15) is 16.1 Å². The fourth-order valence-corrected chi connectivity index (χ4v) is 3.14. The van der Waals surface area contributed by atoms with Crippen molar-refractivity contribution in [1.29, 1.82) is 0 Å². The van der Waals surface area contributed by atoms with Crippen molar-refractivity contribution in [3.63, 3.8) is 0 Å². The molecule has 0 aliphatic heterocycles. The van der Waals surface area contributed by atoms with Crippen LogP contribution in [0.4, 0.5) is 22.0 Å². The summed E-state index contributed by atoms with van der Waals surface area (Å²) in [5, 5.41) is 3.56. The molecule has 0 bridgehead atoms. The number of rotatable bonds is 5. The zero-order valence-electron chi connectivity index (χ0n) is 17.0. The number of nitrogens with one attached hydrogen (secondary N) is 1. The van der Waals surface area contributed by atoms with E-state index in [1.165, 1.54) is 11.1 Å². The molecule has 0 atom stereocenters. The van der Waals surface area contributed by atoms with Gasteiger partial charge >= 0.3 is 6.09 Å². The molecule has 9 heteroatoms. The largest absolute Gasteiger partial charge is 0.449 e. The van der Waals surface area contributed by atoms with Crippen LogP contribution in [0.5, 0.6) is 0 Å². The third-order valence-corrected chi connectivity index (χ3v) is 4.98. The van der Waals surface area contributed by atoms with E-state index >= 15 is 0 Å². The van der Waals surface area contributed by atoms with E-state index in [1.807, 2.05) is 30.3 Å². The monoisotopic (exact) mass is 450 g/mol. The number of amides is 2. The molecule has 2 amide bonds. The van der Waals surface area contributed by atoms with E-state index < -0.39 is 12.0 Å². The van der Waals surface area contributed by atoms with Crippen molar-refractivity contribution in [3.8, 4) is 0 Å². The molecule has 0 unspecified atom stereocenters. The minimum Gasteiger partial charge on any atom is -0.449 e. The van der Waals surface area contributed by atoms with Gasteiger partial charge in [-0.3, -0.25) is 9.69 Å². The van der Waals surface area contributed by atoms with Gasteiger partial charge in [0.1, 0.15) is 18.0 Å². The fraction of sp³-hybridized carbons (Fsp3) is 0.0870. The summed E-state index contributed by atoms with van der Waals surface area (Å²) in [6, 6.07) is 17.5. The summed E-state index contributed by atoms with van der Waals surface area (Å²) in [5.41, 5.74) is 8.15. The molecular formula is C23H19ClN4O4. The number of nitrogen functional groups attached to an aromatic ring is 1. The maximum Gasteiger partial charge on any atom is 0.414 e. The molecule has 0 aliphatic carbocycles. The second-order valence-electron chi connectivity index (χ2n) is 6.94. The van der Waals surface area contributed by atoms with Crippen LogP contribution in [0.25, 0.3) is 11.0 Å². The van der Waals surface area contributed by atoms with Gasteiger partial charge in [-0.1, -0.05) is 41.9 Å². The average molecular weight is 451 g/mol. The molecule has 0 spiro atoms. The van der Waals surface area contributed by atoms with Crippen LogP contribution in [-0.2, 0) is 11.3 Å². The molecule has 162 valence electrons. The topological polar surface area (TPSA) is 111 Å². The average Bonchev–Trinajstić information content (AvgIpc) is 3.15. The second kappa shape index (κ2) is 8.99. The molecule has 32 heavy (non-hydrogen) atoms. The summed E-state index contributed by atoms with van der Waals surface area (Å²) in [4.78, 5) is 30.4. The molecule has 4 aromatic rings. The lowest BCUT2D eigenvalue weighted by atomic mass is 10.2. The van der Waals surface area contributed by atoms with E-state index in [2.05, 4.69) is 10.3 Å². The van der Waals surface area contributed by atoms with Crippen LogP contribution in [-0.4, -0.2) is 24.0 Å². The number of nitrogens with two attached hydrogens (primary N) is 1. The van der Waals surface area contributed by atoms with Crippen molar-refractivity contribution in [2.75, 3.05) is 23.0 Å². The molecule has 0 aliphatic rings. The lowest BCUT2D eigenvalue weighted by molar-refractivity contribution is 0.0999. The SMILES string of the molecule is CN(C(=O)OCc1ccccc1)c1ccc2oc(C(=O)Nc3ccc(Cl)cn3)c(N)c2c1. The van der Waals surface area contributed by atoms with Gasteiger partial charge in [0.2, 0.25) is 5.76 Å². The quantitative estimate of drug-likeness (QED) is 0.438. The first-order valence-corrected chi connectivity index (χ1v) is 9.99. The molecule has 0 radical (unpaired) electrons. The van der Waals surface area contributed by atoms with Crippen LogP contribution in [0.3, 0.4) is 0 Å². The smallest absolute Gasteiger partial charge is 0.414 e. The molecule has 2 aromatic heterocycles. The number of pyridine rings is 1. The van der Waals surface area contributed by atoms with Crippen molar-refractivity contribution in [2.24, 2.45) is 0 Å². The molecule has 0 saturated carbocycles. The molecule has 0 fully saturated rings. The maximum absolute atomic E-state index is 12.6. The number of aromatic nitrogens is 1. The van der Waals surface area contributed by atoms with Gasteiger partial charge in [0.25, 0.3) is 5.91 Å². The normalized spacial score (nSPS) is 10.7. The number of halogens is 1. The molecular weight excluding hydrogens is 432 g/mol. The summed E-state index contributed by atoms with van der Waals surface area (Å²) in [6.07, 6.45) is 0.889. The Balaban J connectivity index is 1.51. The van der Waals surface area contributed by atoms with Gasteiger partial charge in [-0.15, -0.1) is 0 Å². The van der Waals surface area contributed by atoms with E-state index in [0.29, 0.717) is 27.5 Å². The second-order valence-corrected chi connectivity index (χ2v) is 7.38. The van der Waals surface area contributed by atoms with E-state index in [0.717, 1.165) is 5.56 Å². The molecule has 4 rings (SSSR count). The van der Waals surface area contributed by atoms with E-state index in [-0.39, 0.29) is 18.1 Å². The molecule has 2 aromatic carbocycles. The van der Waals surface area contributed by atoms with Gasteiger partial charge in [-0.2, -0.15) is 0 Å². The number of fused-ring (bicyclic) bond motifs is 1. The Morgan fingerprint density at radius 2 is 1.94 bits per heavy atom. The lowest BCUT2D eigenvalue weighted by Crippen LogP contribution is -2.26. The third kappa shape index (κ3) is 4.50. The maximum atomic E-state index is 12.6. The fourth-order valence-electron chi connectivity index (χ4n) is 3.03. The highest BCUT2D eigenvalue weighted by Crippen LogP contribution is 2.32. The zero-order valence-corrected chi connectivity index (χ0v) is 17.8. The van der Waals surface area contributed by atoms with Crippen molar-refractivity contribution in [2.45, 2.75) is 6.61 Å². The standard InChI is InChI=1S/C23H19ClN4O4/c1-28(23(30)31-13-14-5-3-2-4-6-14)16-8-9-18-17(11-16)20(25)21(32-18)22(29)27-19-10-7-15(24)12-26-19/h2-12H,13,25H2,1H3,(H,26,27,29). The number of anilines is 3. The van der Waals surface area contributed by atoms with Gasteiger partial charge in [-0.25, -0.2) is 9.78 Å². The van der Waals surface area contributed by atoms with Crippen LogP contribution in [0.2, 0.25) is 5.02 Å².